The average Bonchev–Trinajstić information content (AvgIpc) is 2.32. The lowest BCUT2D eigenvalue weighted by atomic mass is 10.1. The molecule has 0 fully saturated rings. The van der Waals surface area contributed by atoms with E-state index < -0.39 is 0 Å². The van der Waals surface area contributed by atoms with E-state index in [1.54, 1.807) is 18.3 Å². The largest absolute Gasteiger partial charge is 0.309 e. The number of aryl methyl sites for hydroxylation is 1. The third kappa shape index (κ3) is 3.31. The normalized spacial score (nSPS) is 10.1. The second-order valence-corrected chi connectivity index (χ2v) is 4.46. The monoisotopic (exact) mass is 260 g/mol. The summed E-state index contributed by atoms with van der Waals surface area (Å²) in [5.41, 5.74) is 2.11. The van der Waals surface area contributed by atoms with Gasteiger partial charge in [-0.05, 0) is 24.6 Å². The first-order chi connectivity index (χ1) is 8.65. The number of amides is 1. The van der Waals surface area contributed by atoms with Gasteiger partial charge in [-0.1, -0.05) is 41.4 Å². The number of anilines is 1. The second-order valence-electron chi connectivity index (χ2n) is 4.05. The van der Waals surface area contributed by atoms with Gasteiger partial charge in [-0.3, -0.25) is 4.79 Å². The van der Waals surface area contributed by atoms with Crippen molar-refractivity contribution in [3.05, 3.63) is 58.7 Å². The van der Waals surface area contributed by atoms with Gasteiger partial charge in [0.15, 0.2) is 5.82 Å². The smallest absolute Gasteiger partial charge is 0.229 e. The summed E-state index contributed by atoms with van der Waals surface area (Å²) < 4.78 is 0. The van der Waals surface area contributed by atoms with Crippen LogP contribution in [0.25, 0.3) is 0 Å². The Morgan fingerprint density at radius 2 is 2.17 bits per heavy atom. The van der Waals surface area contributed by atoms with Gasteiger partial charge in [0.2, 0.25) is 5.91 Å². The van der Waals surface area contributed by atoms with E-state index in [2.05, 4.69) is 10.3 Å². The van der Waals surface area contributed by atoms with Crippen molar-refractivity contribution in [2.24, 2.45) is 0 Å². The lowest BCUT2D eigenvalue weighted by molar-refractivity contribution is -0.115. The average molecular weight is 261 g/mol. The summed E-state index contributed by atoms with van der Waals surface area (Å²) in [5, 5.41) is 3.14. The molecule has 18 heavy (non-hydrogen) atoms. The number of carbonyl (C=O) groups excluding carboxylic acids is 1. The molecule has 1 amide bonds. The molecule has 2 aromatic rings. The molecule has 0 aliphatic rings. The van der Waals surface area contributed by atoms with Gasteiger partial charge < -0.3 is 5.32 Å². The fourth-order valence-corrected chi connectivity index (χ4v) is 1.83. The van der Waals surface area contributed by atoms with E-state index in [4.69, 9.17) is 11.6 Å². The van der Waals surface area contributed by atoms with Gasteiger partial charge in [0, 0.05) is 6.20 Å². The summed E-state index contributed by atoms with van der Waals surface area (Å²) in [6.07, 6.45) is 1.91. The van der Waals surface area contributed by atoms with Crippen molar-refractivity contribution in [2.45, 2.75) is 13.3 Å². The van der Waals surface area contributed by atoms with Crippen LogP contribution in [0.2, 0.25) is 5.02 Å². The quantitative estimate of drug-likeness (QED) is 0.921. The van der Waals surface area contributed by atoms with E-state index >= 15 is 0 Å². The molecule has 4 heteroatoms. The molecule has 0 saturated carbocycles. The minimum Gasteiger partial charge on any atom is -0.309 e. The van der Waals surface area contributed by atoms with Crippen LogP contribution in [0.4, 0.5) is 5.82 Å². The maximum Gasteiger partial charge on any atom is 0.229 e. The van der Waals surface area contributed by atoms with Crippen LogP contribution < -0.4 is 5.32 Å². The number of hydrogen-bond donors (Lipinski definition) is 1. The number of carbonyl (C=O) groups is 1. The molecular weight excluding hydrogens is 248 g/mol. The molecule has 1 N–H and O–H groups in total. The van der Waals surface area contributed by atoms with Gasteiger partial charge in [0.05, 0.1) is 11.4 Å². The highest BCUT2D eigenvalue weighted by Crippen LogP contribution is 2.17. The van der Waals surface area contributed by atoms with Crippen molar-refractivity contribution in [1.29, 1.82) is 0 Å². The molecule has 1 aromatic heterocycles. The van der Waals surface area contributed by atoms with E-state index in [0.29, 0.717) is 17.3 Å². The number of benzene rings is 1. The predicted octanol–water partition coefficient (Wildman–Crippen LogP) is 3.22. The van der Waals surface area contributed by atoms with Crippen LogP contribution in [0.3, 0.4) is 0 Å². The van der Waals surface area contributed by atoms with E-state index in [0.717, 1.165) is 11.1 Å². The zero-order valence-corrected chi connectivity index (χ0v) is 10.7. The van der Waals surface area contributed by atoms with Gasteiger partial charge in [0.25, 0.3) is 0 Å². The highest BCUT2D eigenvalue weighted by Gasteiger charge is 2.07. The summed E-state index contributed by atoms with van der Waals surface area (Å²) in [6.45, 7) is 2.00. The number of rotatable bonds is 3. The first kappa shape index (κ1) is 12.6. The Morgan fingerprint density at radius 1 is 1.33 bits per heavy atom. The molecule has 0 aliphatic heterocycles. The zero-order valence-electron chi connectivity index (χ0n) is 9.98. The Labute approximate surface area is 111 Å². The second kappa shape index (κ2) is 5.65. The first-order valence-corrected chi connectivity index (χ1v) is 5.99. The Kier molecular flexibility index (Phi) is 3.95. The molecule has 0 radical (unpaired) electrons. The maximum atomic E-state index is 11.8. The Bertz CT molecular complexity index is 569. The van der Waals surface area contributed by atoms with Crippen molar-refractivity contribution < 1.29 is 4.79 Å². The zero-order chi connectivity index (χ0) is 13.0. The number of nitrogens with zero attached hydrogens (tertiary/aromatic N) is 1. The van der Waals surface area contributed by atoms with Gasteiger partial charge in [0.1, 0.15) is 0 Å². The summed E-state index contributed by atoms with van der Waals surface area (Å²) in [6, 6.07) is 11.3. The first-order valence-electron chi connectivity index (χ1n) is 5.61. The lowest BCUT2D eigenvalue weighted by Gasteiger charge is -2.06. The number of nitrogens with one attached hydrogen (secondary N) is 1. The predicted molar refractivity (Wildman–Crippen MR) is 72.8 cm³/mol. The number of halogens is 1. The molecule has 0 saturated heterocycles. The highest BCUT2D eigenvalue weighted by molar-refractivity contribution is 6.33. The van der Waals surface area contributed by atoms with Crippen molar-refractivity contribution >= 4 is 23.3 Å². The summed E-state index contributed by atoms with van der Waals surface area (Å²) in [4.78, 5) is 15.8. The maximum absolute atomic E-state index is 11.8. The van der Waals surface area contributed by atoms with Crippen molar-refractivity contribution in [2.75, 3.05) is 5.32 Å². The molecule has 2 rings (SSSR count). The van der Waals surface area contributed by atoms with E-state index in [1.165, 1.54) is 0 Å². The Hall–Kier alpha value is -1.87. The number of pyridine rings is 1. The summed E-state index contributed by atoms with van der Waals surface area (Å²) in [5.74, 6) is 0.276. The van der Waals surface area contributed by atoms with Crippen LogP contribution >= 0.6 is 11.6 Å². The van der Waals surface area contributed by atoms with E-state index in [-0.39, 0.29) is 5.91 Å². The van der Waals surface area contributed by atoms with Crippen LogP contribution in [0, 0.1) is 6.92 Å². The van der Waals surface area contributed by atoms with Gasteiger partial charge in [-0.2, -0.15) is 0 Å². The van der Waals surface area contributed by atoms with E-state index in [9.17, 15) is 4.79 Å². The van der Waals surface area contributed by atoms with Crippen LogP contribution in [0.1, 0.15) is 11.1 Å². The Balaban J connectivity index is 2.03. The molecule has 0 spiro atoms. The third-order valence-corrected chi connectivity index (χ3v) is 2.77. The lowest BCUT2D eigenvalue weighted by Crippen LogP contribution is -2.15. The fourth-order valence-electron chi connectivity index (χ4n) is 1.66. The molecule has 0 unspecified atom stereocenters. The van der Waals surface area contributed by atoms with Gasteiger partial charge in [-0.15, -0.1) is 0 Å². The molecule has 0 aliphatic carbocycles. The molecule has 92 valence electrons. The molecule has 0 atom stereocenters. The van der Waals surface area contributed by atoms with Crippen LogP contribution in [-0.4, -0.2) is 10.9 Å². The molecule has 1 aromatic carbocycles. The highest BCUT2D eigenvalue weighted by atomic mass is 35.5. The van der Waals surface area contributed by atoms with Crippen LogP contribution in [0.15, 0.2) is 42.6 Å². The topological polar surface area (TPSA) is 42.0 Å². The summed E-state index contributed by atoms with van der Waals surface area (Å²) >= 11 is 5.92. The molecular formula is C14H13ClN2O. The van der Waals surface area contributed by atoms with Crippen molar-refractivity contribution in [3.8, 4) is 0 Å². The van der Waals surface area contributed by atoms with Crippen LogP contribution in [-0.2, 0) is 11.2 Å². The molecule has 3 nitrogen and oxygen atoms in total. The molecule has 0 bridgehead atoms. The minimum atomic E-state index is -0.124. The fraction of sp³-hybridized carbons (Fsp3) is 0.143. The minimum absolute atomic E-state index is 0.124. The van der Waals surface area contributed by atoms with Gasteiger partial charge in [-0.25, -0.2) is 4.98 Å². The van der Waals surface area contributed by atoms with Crippen molar-refractivity contribution in [3.63, 3.8) is 0 Å². The summed E-state index contributed by atoms with van der Waals surface area (Å²) in [7, 11) is 0. The number of aromatic nitrogens is 1. The number of hydrogen-bond acceptors (Lipinski definition) is 2. The molecule has 1 heterocycles. The van der Waals surface area contributed by atoms with Gasteiger partial charge >= 0.3 is 0 Å². The van der Waals surface area contributed by atoms with E-state index in [1.807, 2.05) is 31.2 Å². The van der Waals surface area contributed by atoms with Crippen LogP contribution in [0.5, 0.6) is 0 Å². The van der Waals surface area contributed by atoms with Crippen molar-refractivity contribution in [1.82, 2.24) is 4.98 Å². The standard InChI is InChI=1S/C14H13ClN2O/c1-10-4-2-5-11(8-10)9-13(18)17-14-12(15)6-3-7-16-14/h2-8H,9H2,1H3,(H,16,17,18). The SMILES string of the molecule is Cc1cccc(CC(=O)Nc2ncccc2Cl)c1. The third-order valence-electron chi connectivity index (χ3n) is 2.46. The Morgan fingerprint density at radius 3 is 2.89 bits per heavy atom.